The lowest BCUT2D eigenvalue weighted by molar-refractivity contribution is 0.451. The number of nitrogens with zero attached hydrogens (tertiary/aromatic N) is 2. The van der Waals surface area contributed by atoms with E-state index in [0.29, 0.717) is 14.7 Å². The first kappa shape index (κ1) is 12.3. The summed E-state index contributed by atoms with van der Waals surface area (Å²) < 4.78 is 19.5. The van der Waals surface area contributed by atoms with Crippen LogP contribution in [-0.4, -0.2) is 9.97 Å². The first-order valence-electron chi connectivity index (χ1n) is 4.47. The van der Waals surface area contributed by atoms with E-state index in [1.165, 1.54) is 18.5 Å². The third-order valence-corrected chi connectivity index (χ3v) is 3.28. The van der Waals surface area contributed by atoms with Gasteiger partial charge in [-0.05, 0) is 44.0 Å². The van der Waals surface area contributed by atoms with Crippen LogP contribution in [0.1, 0.15) is 0 Å². The lowest BCUT2D eigenvalue weighted by Gasteiger charge is -2.08. The minimum Gasteiger partial charge on any atom is -0.436 e. The number of rotatable bonds is 2. The Kier molecular flexibility index (Phi) is 3.58. The van der Waals surface area contributed by atoms with Gasteiger partial charge in [0.25, 0.3) is 0 Å². The predicted molar refractivity (Wildman–Crippen MR) is 68.3 cm³/mol. The highest BCUT2D eigenvalue weighted by atomic mass is 79.9. The Labute approximate surface area is 113 Å². The molecule has 0 atom stereocenters. The molecule has 7 heteroatoms. The molecule has 0 aliphatic heterocycles. The van der Waals surface area contributed by atoms with Crippen molar-refractivity contribution >= 4 is 37.7 Å². The second-order valence-corrected chi connectivity index (χ2v) is 4.70. The number of ether oxygens (including phenoxy) is 1. The Bertz CT molecular complexity index is 565. The quantitative estimate of drug-likeness (QED) is 0.887. The molecule has 0 radical (unpaired) electrons. The summed E-state index contributed by atoms with van der Waals surface area (Å²) in [7, 11) is 0. The monoisotopic (exact) mass is 361 g/mol. The summed E-state index contributed by atoms with van der Waals surface area (Å²) in [5, 5.41) is 0. The molecule has 1 heterocycles. The molecular formula is C10H6Br2FN3O. The van der Waals surface area contributed by atoms with Crippen LogP contribution in [0.4, 0.5) is 10.2 Å². The van der Waals surface area contributed by atoms with Crippen LogP contribution < -0.4 is 10.5 Å². The van der Waals surface area contributed by atoms with Crippen molar-refractivity contribution in [2.75, 3.05) is 5.73 Å². The zero-order valence-corrected chi connectivity index (χ0v) is 11.5. The van der Waals surface area contributed by atoms with Crippen molar-refractivity contribution in [1.82, 2.24) is 9.97 Å². The Morgan fingerprint density at radius 1 is 1.24 bits per heavy atom. The summed E-state index contributed by atoms with van der Waals surface area (Å²) in [6.45, 7) is 0. The third-order valence-electron chi connectivity index (χ3n) is 1.88. The van der Waals surface area contributed by atoms with Crippen molar-refractivity contribution in [2.45, 2.75) is 0 Å². The van der Waals surface area contributed by atoms with Crippen LogP contribution in [-0.2, 0) is 0 Å². The molecule has 1 aromatic heterocycles. The molecule has 0 amide bonds. The molecule has 2 rings (SSSR count). The van der Waals surface area contributed by atoms with Crippen LogP contribution in [0.2, 0.25) is 0 Å². The number of nitrogens with two attached hydrogens (primary N) is 1. The zero-order valence-electron chi connectivity index (χ0n) is 8.32. The highest BCUT2D eigenvalue weighted by molar-refractivity contribution is 9.11. The Hall–Kier alpha value is -1.21. The van der Waals surface area contributed by atoms with Crippen LogP contribution in [0.5, 0.6) is 11.6 Å². The van der Waals surface area contributed by atoms with Crippen LogP contribution in [0.15, 0.2) is 33.5 Å². The van der Waals surface area contributed by atoms with Crippen LogP contribution in [0.3, 0.4) is 0 Å². The van der Waals surface area contributed by atoms with E-state index in [0.717, 1.165) is 0 Å². The lowest BCUT2D eigenvalue weighted by atomic mass is 10.3. The number of benzene rings is 1. The Morgan fingerprint density at radius 2 is 2.00 bits per heavy atom. The molecule has 0 aliphatic carbocycles. The van der Waals surface area contributed by atoms with Gasteiger partial charge in [-0.15, -0.1) is 0 Å². The smallest absolute Gasteiger partial charge is 0.238 e. The molecule has 4 nitrogen and oxygen atoms in total. The third kappa shape index (κ3) is 2.73. The SMILES string of the molecule is Nc1ncnc(Oc2cc(F)ccc2Br)c1Br. The average molecular weight is 363 g/mol. The molecule has 1 aromatic carbocycles. The van der Waals surface area contributed by atoms with E-state index in [2.05, 4.69) is 41.8 Å². The van der Waals surface area contributed by atoms with Crippen LogP contribution in [0.25, 0.3) is 0 Å². The Balaban J connectivity index is 2.38. The predicted octanol–water partition coefficient (Wildman–Crippen LogP) is 3.52. The van der Waals surface area contributed by atoms with E-state index in [9.17, 15) is 4.39 Å². The number of anilines is 1. The summed E-state index contributed by atoms with van der Waals surface area (Å²) in [4.78, 5) is 7.68. The molecule has 0 saturated carbocycles. The fourth-order valence-electron chi connectivity index (χ4n) is 1.10. The molecule has 17 heavy (non-hydrogen) atoms. The first-order chi connectivity index (χ1) is 8.08. The van der Waals surface area contributed by atoms with Gasteiger partial charge in [0.15, 0.2) is 0 Å². The van der Waals surface area contributed by atoms with Crippen molar-refractivity contribution in [3.05, 3.63) is 39.3 Å². The highest BCUT2D eigenvalue weighted by Gasteiger charge is 2.11. The topological polar surface area (TPSA) is 61.0 Å². The van der Waals surface area contributed by atoms with Gasteiger partial charge in [0.1, 0.15) is 28.2 Å². The van der Waals surface area contributed by atoms with Gasteiger partial charge < -0.3 is 10.5 Å². The second kappa shape index (κ2) is 4.97. The van der Waals surface area contributed by atoms with Gasteiger partial charge in [-0.3, -0.25) is 0 Å². The van der Waals surface area contributed by atoms with Gasteiger partial charge >= 0.3 is 0 Å². The summed E-state index contributed by atoms with van der Waals surface area (Å²) in [6.07, 6.45) is 1.27. The Morgan fingerprint density at radius 3 is 2.76 bits per heavy atom. The fraction of sp³-hybridized carbons (Fsp3) is 0. The molecule has 0 saturated heterocycles. The minimum absolute atomic E-state index is 0.226. The number of hydrogen-bond donors (Lipinski definition) is 1. The van der Waals surface area contributed by atoms with E-state index in [4.69, 9.17) is 10.5 Å². The van der Waals surface area contributed by atoms with E-state index in [1.807, 2.05) is 0 Å². The second-order valence-electron chi connectivity index (χ2n) is 3.05. The van der Waals surface area contributed by atoms with E-state index in [-0.39, 0.29) is 11.7 Å². The summed E-state index contributed by atoms with van der Waals surface area (Å²) >= 11 is 6.45. The number of halogens is 3. The number of nitrogen functional groups attached to an aromatic ring is 1. The van der Waals surface area contributed by atoms with Crippen LogP contribution >= 0.6 is 31.9 Å². The molecule has 88 valence electrons. The minimum atomic E-state index is -0.402. The fourth-order valence-corrected chi connectivity index (χ4v) is 1.71. The molecular weight excluding hydrogens is 357 g/mol. The van der Waals surface area contributed by atoms with Gasteiger partial charge in [-0.25, -0.2) is 14.4 Å². The summed E-state index contributed by atoms with van der Waals surface area (Å²) in [6, 6.07) is 4.11. The van der Waals surface area contributed by atoms with E-state index < -0.39 is 5.82 Å². The lowest BCUT2D eigenvalue weighted by Crippen LogP contribution is -1.97. The maximum absolute atomic E-state index is 13.1. The highest BCUT2D eigenvalue weighted by Crippen LogP contribution is 2.34. The van der Waals surface area contributed by atoms with Crippen molar-refractivity contribution in [3.8, 4) is 11.6 Å². The molecule has 0 unspecified atom stereocenters. The molecule has 2 N–H and O–H groups in total. The molecule has 0 spiro atoms. The molecule has 0 fully saturated rings. The summed E-state index contributed by atoms with van der Waals surface area (Å²) in [5.41, 5.74) is 5.58. The first-order valence-corrected chi connectivity index (χ1v) is 6.05. The van der Waals surface area contributed by atoms with Gasteiger partial charge in [0, 0.05) is 6.07 Å². The van der Waals surface area contributed by atoms with Gasteiger partial charge in [0.05, 0.1) is 4.47 Å². The van der Waals surface area contributed by atoms with Crippen LogP contribution in [0, 0.1) is 5.82 Å². The normalized spacial score (nSPS) is 10.3. The van der Waals surface area contributed by atoms with Crippen molar-refractivity contribution < 1.29 is 9.13 Å². The van der Waals surface area contributed by atoms with Crippen molar-refractivity contribution in [2.24, 2.45) is 0 Å². The average Bonchev–Trinajstić information content (AvgIpc) is 2.30. The van der Waals surface area contributed by atoms with Crippen molar-refractivity contribution in [1.29, 1.82) is 0 Å². The molecule has 0 aliphatic rings. The maximum atomic E-state index is 13.1. The standard InChI is InChI=1S/C10H6Br2FN3O/c11-6-2-1-5(13)3-7(6)17-10-8(12)9(14)15-4-16-10/h1-4H,(H2,14,15,16). The number of hydrogen-bond acceptors (Lipinski definition) is 4. The van der Waals surface area contributed by atoms with Gasteiger partial charge in [-0.1, -0.05) is 0 Å². The maximum Gasteiger partial charge on any atom is 0.238 e. The number of aromatic nitrogens is 2. The molecule has 0 bridgehead atoms. The van der Waals surface area contributed by atoms with E-state index >= 15 is 0 Å². The largest absolute Gasteiger partial charge is 0.436 e. The summed E-state index contributed by atoms with van der Waals surface area (Å²) in [5.74, 6) is 0.386. The van der Waals surface area contributed by atoms with Gasteiger partial charge in [0.2, 0.25) is 5.88 Å². The van der Waals surface area contributed by atoms with E-state index in [1.54, 1.807) is 6.07 Å². The van der Waals surface area contributed by atoms with Gasteiger partial charge in [-0.2, -0.15) is 0 Å². The zero-order chi connectivity index (χ0) is 12.4. The van der Waals surface area contributed by atoms with Crippen molar-refractivity contribution in [3.63, 3.8) is 0 Å². The molecule has 2 aromatic rings.